The minimum absolute atomic E-state index is 0.0463. The number of hydrogen-bond acceptors (Lipinski definition) is 7. The molecule has 110 valence electrons. The van der Waals surface area contributed by atoms with E-state index in [0.29, 0.717) is 12.4 Å². The fraction of sp³-hybridized carbons (Fsp3) is 0.167. The Kier molecular flexibility index (Phi) is 4.53. The maximum Gasteiger partial charge on any atom is 0.287 e. The number of nitrogen functional groups attached to an aromatic ring is 1. The standard InChI is InChI=1S/C12H12BrN5O3/c1-2-15-9-6-10(17-12(14)16-9)21-8-5-3-4-7(11(8)13)18(19)20/h3-6H,2H2,1H3,(H3,14,15,16,17). The third kappa shape index (κ3) is 3.57. The molecule has 9 heteroatoms. The highest BCUT2D eigenvalue weighted by Gasteiger charge is 2.17. The number of anilines is 2. The van der Waals surface area contributed by atoms with Crippen LogP contribution in [-0.4, -0.2) is 21.4 Å². The smallest absolute Gasteiger partial charge is 0.287 e. The molecule has 0 aliphatic rings. The van der Waals surface area contributed by atoms with Gasteiger partial charge in [0.25, 0.3) is 5.69 Å². The lowest BCUT2D eigenvalue weighted by molar-refractivity contribution is -0.385. The Morgan fingerprint density at radius 1 is 1.48 bits per heavy atom. The number of halogens is 1. The molecule has 0 radical (unpaired) electrons. The Balaban J connectivity index is 2.34. The lowest BCUT2D eigenvalue weighted by Gasteiger charge is -2.09. The number of ether oxygens (including phenoxy) is 1. The third-order valence-corrected chi connectivity index (χ3v) is 3.23. The van der Waals surface area contributed by atoms with Gasteiger partial charge in [0, 0.05) is 18.7 Å². The molecule has 8 nitrogen and oxygen atoms in total. The summed E-state index contributed by atoms with van der Waals surface area (Å²) in [6.07, 6.45) is 0. The van der Waals surface area contributed by atoms with Crippen LogP contribution in [0.4, 0.5) is 17.5 Å². The number of benzene rings is 1. The molecule has 0 aliphatic carbocycles. The van der Waals surface area contributed by atoms with Crippen LogP contribution in [0.25, 0.3) is 0 Å². The van der Waals surface area contributed by atoms with Crippen LogP contribution in [0.15, 0.2) is 28.7 Å². The highest BCUT2D eigenvalue weighted by Crippen LogP contribution is 2.36. The van der Waals surface area contributed by atoms with E-state index < -0.39 is 4.92 Å². The van der Waals surface area contributed by atoms with Crippen LogP contribution in [0.5, 0.6) is 11.6 Å². The molecule has 2 rings (SSSR count). The maximum absolute atomic E-state index is 10.9. The minimum atomic E-state index is -0.505. The summed E-state index contributed by atoms with van der Waals surface area (Å²) >= 11 is 3.15. The number of hydrogen-bond donors (Lipinski definition) is 2. The summed E-state index contributed by atoms with van der Waals surface area (Å²) in [6.45, 7) is 2.58. The van der Waals surface area contributed by atoms with Gasteiger partial charge in [-0.05, 0) is 28.9 Å². The van der Waals surface area contributed by atoms with E-state index in [1.165, 1.54) is 12.1 Å². The predicted molar refractivity (Wildman–Crippen MR) is 81.5 cm³/mol. The normalized spacial score (nSPS) is 10.2. The van der Waals surface area contributed by atoms with E-state index in [1.807, 2.05) is 6.92 Å². The Hall–Kier alpha value is -2.42. The molecule has 0 saturated carbocycles. The molecule has 1 aromatic heterocycles. The molecule has 0 aliphatic heterocycles. The average Bonchev–Trinajstić information content (AvgIpc) is 2.40. The van der Waals surface area contributed by atoms with Crippen LogP contribution in [0, 0.1) is 10.1 Å². The van der Waals surface area contributed by atoms with E-state index >= 15 is 0 Å². The van der Waals surface area contributed by atoms with Crippen LogP contribution < -0.4 is 15.8 Å². The van der Waals surface area contributed by atoms with Gasteiger partial charge in [-0.25, -0.2) is 0 Å². The lowest BCUT2D eigenvalue weighted by Crippen LogP contribution is -2.04. The highest BCUT2D eigenvalue weighted by atomic mass is 79.9. The second-order valence-electron chi connectivity index (χ2n) is 3.93. The molecule has 21 heavy (non-hydrogen) atoms. The van der Waals surface area contributed by atoms with Crippen molar-refractivity contribution < 1.29 is 9.66 Å². The van der Waals surface area contributed by atoms with Crippen LogP contribution >= 0.6 is 15.9 Å². The topological polar surface area (TPSA) is 116 Å². The fourth-order valence-corrected chi connectivity index (χ4v) is 2.09. The molecule has 0 unspecified atom stereocenters. The molecule has 0 spiro atoms. The summed E-state index contributed by atoms with van der Waals surface area (Å²) in [4.78, 5) is 18.3. The van der Waals surface area contributed by atoms with E-state index in [9.17, 15) is 10.1 Å². The fourth-order valence-electron chi connectivity index (χ4n) is 1.60. The predicted octanol–water partition coefficient (Wildman–Crippen LogP) is 2.95. The molecule has 1 aromatic carbocycles. The van der Waals surface area contributed by atoms with E-state index in [-0.39, 0.29) is 27.7 Å². The molecule has 0 bridgehead atoms. The van der Waals surface area contributed by atoms with E-state index in [1.54, 1.807) is 12.1 Å². The van der Waals surface area contributed by atoms with Crippen molar-refractivity contribution in [3.8, 4) is 11.6 Å². The van der Waals surface area contributed by atoms with Gasteiger partial charge >= 0.3 is 0 Å². The molecule has 1 heterocycles. The maximum atomic E-state index is 10.9. The van der Waals surface area contributed by atoms with Gasteiger partial charge in [0.15, 0.2) is 5.75 Å². The van der Waals surface area contributed by atoms with E-state index in [2.05, 4.69) is 31.2 Å². The van der Waals surface area contributed by atoms with Crippen molar-refractivity contribution in [2.24, 2.45) is 0 Å². The van der Waals surface area contributed by atoms with Gasteiger partial charge in [0.2, 0.25) is 11.8 Å². The second kappa shape index (κ2) is 6.35. The number of nitrogens with one attached hydrogen (secondary N) is 1. The molecule has 0 atom stereocenters. The summed E-state index contributed by atoms with van der Waals surface area (Å²) < 4.78 is 5.78. The van der Waals surface area contributed by atoms with Crippen molar-refractivity contribution in [3.63, 3.8) is 0 Å². The first-order valence-corrected chi connectivity index (χ1v) is 6.79. The van der Waals surface area contributed by atoms with Crippen molar-refractivity contribution in [2.45, 2.75) is 6.92 Å². The zero-order valence-corrected chi connectivity index (χ0v) is 12.6. The molecule has 0 fully saturated rings. The number of nitrogens with zero attached hydrogens (tertiary/aromatic N) is 3. The molecule has 3 N–H and O–H groups in total. The Labute approximate surface area is 128 Å². The summed E-state index contributed by atoms with van der Waals surface area (Å²) in [5.74, 6) is 1.02. The summed E-state index contributed by atoms with van der Waals surface area (Å²) in [7, 11) is 0. The van der Waals surface area contributed by atoms with Gasteiger partial charge in [-0.15, -0.1) is 0 Å². The van der Waals surface area contributed by atoms with Crippen LogP contribution in [0.3, 0.4) is 0 Å². The monoisotopic (exact) mass is 353 g/mol. The molecular formula is C12H12BrN5O3. The summed E-state index contributed by atoms with van der Waals surface area (Å²) in [6, 6.07) is 6.04. The largest absolute Gasteiger partial charge is 0.437 e. The first-order chi connectivity index (χ1) is 10.0. The number of nitro groups is 1. The zero-order valence-electron chi connectivity index (χ0n) is 11.0. The Bertz CT molecular complexity index is 680. The third-order valence-electron chi connectivity index (χ3n) is 2.43. The SMILES string of the molecule is CCNc1cc(Oc2cccc([N+](=O)[O-])c2Br)nc(N)n1. The zero-order chi connectivity index (χ0) is 15.4. The Morgan fingerprint density at radius 3 is 2.90 bits per heavy atom. The summed E-state index contributed by atoms with van der Waals surface area (Å²) in [5.41, 5.74) is 5.50. The number of nitrogens with two attached hydrogens (primary N) is 1. The first-order valence-electron chi connectivity index (χ1n) is 6.00. The Morgan fingerprint density at radius 2 is 2.24 bits per heavy atom. The number of aromatic nitrogens is 2. The molecule has 0 saturated heterocycles. The van der Waals surface area contributed by atoms with Crippen molar-refractivity contribution in [1.82, 2.24) is 9.97 Å². The van der Waals surface area contributed by atoms with Crippen LogP contribution in [-0.2, 0) is 0 Å². The van der Waals surface area contributed by atoms with Crippen molar-refractivity contribution >= 4 is 33.4 Å². The second-order valence-corrected chi connectivity index (χ2v) is 4.72. The van der Waals surface area contributed by atoms with Crippen molar-refractivity contribution in [3.05, 3.63) is 38.9 Å². The van der Waals surface area contributed by atoms with E-state index in [0.717, 1.165) is 0 Å². The highest BCUT2D eigenvalue weighted by molar-refractivity contribution is 9.10. The molecular weight excluding hydrogens is 342 g/mol. The van der Waals surface area contributed by atoms with Gasteiger partial charge in [0.1, 0.15) is 10.3 Å². The summed E-state index contributed by atoms with van der Waals surface area (Å²) in [5, 5.41) is 13.9. The quantitative estimate of drug-likeness (QED) is 0.626. The van der Waals surface area contributed by atoms with Gasteiger partial charge in [-0.3, -0.25) is 10.1 Å². The van der Waals surface area contributed by atoms with Crippen LogP contribution in [0.2, 0.25) is 0 Å². The van der Waals surface area contributed by atoms with Gasteiger partial charge < -0.3 is 15.8 Å². The van der Waals surface area contributed by atoms with E-state index in [4.69, 9.17) is 10.5 Å². The number of nitro benzene ring substituents is 1. The van der Waals surface area contributed by atoms with Crippen molar-refractivity contribution in [1.29, 1.82) is 0 Å². The van der Waals surface area contributed by atoms with Gasteiger partial charge in [-0.1, -0.05) is 6.07 Å². The van der Waals surface area contributed by atoms with Crippen LogP contribution in [0.1, 0.15) is 6.92 Å². The lowest BCUT2D eigenvalue weighted by atomic mass is 10.3. The molecule has 0 amide bonds. The van der Waals surface area contributed by atoms with Gasteiger partial charge in [-0.2, -0.15) is 9.97 Å². The number of rotatable bonds is 5. The minimum Gasteiger partial charge on any atom is -0.437 e. The molecule has 2 aromatic rings. The first kappa shape index (κ1) is 15.0. The van der Waals surface area contributed by atoms with Crippen molar-refractivity contribution in [2.75, 3.05) is 17.6 Å². The average molecular weight is 354 g/mol. The van der Waals surface area contributed by atoms with Gasteiger partial charge in [0.05, 0.1) is 4.92 Å².